The summed E-state index contributed by atoms with van der Waals surface area (Å²) in [5.74, 6) is 0.174. The first-order valence-electron chi connectivity index (χ1n) is 5.17. The molecule has 1 heterocycles. The minimum absolute atomic E-state index is 0.00775. The monoisotopic (exact) mass is 184 g/mol. The minimum atomic E-state index is 0.00775. The largest absolute Gasteiger partial charge is 0.461 e. The summed E-state index contributed by atoms with van der Waals surface area (Å²) >= 11 is 0. The van der Waals surface area contributed by atoms with Gasteiger partial charge in [0.05, 0.1) is 5.92 Å². The fourth-order valence-electron chi connectivity index (χ4n) is 1.82. The number of rotatable bonds is 3. The van der Waals surface area contributed by atoms with E-state index in [2.05, 4.69) is 27.7 Å². The summed E-state index contributed by atoms with van der Waals surface area (Å²) in [6.45, 7) is 8.53. The average molecular weight is 184 g/mol. The molecule has 2 heteroatoms. The topological polar surface area (TPSA) is 26.3 Å². The number of cyclic esters (lactones) is 1. The zero-order valence-corrected chi connectivity index (χ0v) is 9.09. The number of unbranched alkanes of at least 4 members (excludes halogenated alkanes) is 1. The second-order valence-electron chi connectivity index (χ2n) is 4.97. The van der Waals surface area contributed by atoms with Crippen LogP contribution in [-0.2, 0) is 9.53 Å². The Kier molecular flexibility index (Phi) is 2.99. The first-order valence-corrected chi connectivity index (χ1v) is 5.17. The van der Waals surface area contributed by atoms with Crippen molar-refractivity contribution in [3.05, 3.63) is 0 Å². The molecule has 0 spiro atoms. The van der Waals surface area contributed by atoms with Crippen molar-refractivity contribution in [2.75, 3.05) is 0 Å². The van der Waals surface area contributed by atoms with E-state index >= 15 is 0 Å². The number of hydrogen-bond acceptors (Lipinski definition) is 2. The van der Waals surface area contributed by atoms with Crippen LogP contribution in [0.15, 0.2) is 0 Å². The van der Waals surface area contributed by atoms with E-state index in [0.29, 0.717) is 0 Å². The molecule has 1 saturated heterocycles. The molecule has 0 saturated carbocycles. The number of esters is 1. The van der Waals surface area contributed by atoms with Crippen LogP contribution < -0.4 is 0 Å². The Bertz CT molecular complexity index is 191. The normalized spacial score (nSPS) is 28.2. The minimum Gasteiger partial charge on any atom is -0.461 e. The van der Waals surface area contributed by atoms with E-state index in [1.807, 2.05) is 0 Å². The molecule has 76 valence electrons. The molecule has 0 unspecified atom stereocenters. The van der Waals surface area contributed by atoms with Gasteiger partial charge in [-0.15, -0.1) is 0 Å². The van der Waals surface area contributed by atoms with Gasteiger partial charge in [0, 0.05) is 0 Å². The van der Waals surface area contributed by atoms with E-state index < -0.39 is 0 Å². The van der Waals surface area contributed by atoms with Crippen LogP contribution >= 0.6 is 0 Å². The highest BCUT2D eigenvalue weighted by Crippen LogP contribution is 2.38. The average Bonchev–Trinajstić information content (AvgIpc) is 1.99. The van der Waals surface area contributed by atoms with E-state index in [-0.39, 0.29) is 23.4 Å². The van der Waals surface area contributed by atoms with Crippen molar-refractivity contribution in [2.45, 2.75) is 53.1 Å². The highest BCUT2D eigenvalue weighted by molar-refractivity contribution is 5.78. The van der Waals surface area contributed by atoms with Crippen LogP contribution in [0.25, 0.3) is 0 Å². The van der Waals surface area contributed by atoms with E-state index in [0.717, 1.165) is 19.3 Å². The molecule has 2 nitrogen and oxygen atoms in total. The Morgan fingerprint density at radius 3 is 2.38 bits per heavy atom. The van der Waals surface area contributed by atoms with Crippen molar-refractivity contribution >= 4 is 5.97 Å². The first-order chi connectivity index (χ1) is 5.96. The summed E-state index contributed by atoms with van der Waals surface area (Å²) in [7, 11) is 0. The van der Waals surface area contributed by atoms with Gasteiger partial charge in [0.1, 0.15) is 6.10 Å². The maximum Gasteiger partial charge on any atom is 0.313 e. The van der Waals surface area contributed by atoms with E-state index in [9.17, 15) is 4.79 Å². The van der Waals surface area contributed by atoms with Gasteiger partial charge >= 0.3 is 5.97 Å². The van der Waals surface area contributed by atoms with Crippen LogP contribution in [0.1, 0.15) is 47.0 Å². The molecule has 0 bridgehead atoms. The summed E-state index contributed by atoms with van der Waals surface area (Å²) in [6.07, 6.45) is 3.43. The van der Waals surface area contributed by atoms with Gasteiger partial charge in [-0.3, -0.25) is 4.79 Å². The fraction of sp³-hybridized carbons (Fsp3) is 0.909. The third-order valence-corrected chi connectivity index (χ3v) is 2.63. The molecule has 0 aliphatic carbocycles. The first kappa shape index (κ1) is 10.6. The molecule has 0 aromatic rings. The van der Waals surface area contributed by atoms with Gasteiger partial charge in [0.2, 0.25) is 0 Å². The molecule has 0 aromatic carbocycles. The Hall–Kier alpha value is -0.530. The zero-order valence-electron chi connectivity index (χ0n) is 9.09. The maximum atomic E-state index is 11.2. The van der Waals surface area contributed by atoms with E-state index in [4.69, 9.17) is 4.74 Å². The highest BCUT2D eigenvalue weighted by Gasteiger charge is 2.47. The zero-order chi connectivity index (χ0) is 10.1. The van der Waals surface area contributed by atoms with Gasteiger partial charge in [0.15, 0.2) is 0 Å². The van der Waals surface area contributed by atoms with Gasteiger partial charge in [0.25, 0.3) is 0 Å². The molecule has 1 fully saturated rings. The molecular weight excluding hydrogens is 164 g/mol. The third kappa shape index (κ3) is 2.23. The van der Waals surface area contributed by atoms with Crippen molar-refractivity contribution < 1.29 is 9.53 Å². The van der Waals surface area contributed by atoms with Crippen LogP contribution in [-0.4, -0.2) is 12.1 Å². The van der Waals surface area contributed by atoms with Crippen molar-refractivity contribution in [3.63, 3.8) is 0 Å². The van der Waals surface area contributed by atoms with Crippen molar-refractivity contribution in [3.8, 4) is 0 Å². The lowest BCUT2D eigenvalue weighted by atomic mass is 9.76. The van der Waals surface area contributed by atoms with E-state index in [1.165, 1.54) is 0 Å². The van der Waals surface area contributed by atoms with E-state index in [1.54, 1.807) is 0 Å². The lowest BCUT2D eigenvalue weighted by Crippen LogP contribution is -2.52. The Balaban J connectivity index is 2.46. The SMILES string of the molecule is CCCC[C@H]1C(=O)O[C@@H]1C(C)(C)C. The maximum absolute atomic E-state index is 11.2. The summed E-state index contributed by atoms with van der Waals surface area (Å²) in [5, 5.41) is 0. The van der Waals surface area contributed by atoms with Crippen LogP contribution in [0, 0.1) is 11.3 Å². The molecule has 2 atom stereocenters. The van der Waals surface area contributed by atoms with Crippen LogP contribution in [0.5, 0.6) is 0 Å². The molecular formula is C11H20O2. The summed E-state index contributed by atoms with van der Waals surface area (Å²) < 4.78 is 5.17. The number of carbonyl (C=O) groups excluding carboxylic acids is 1. The van der Waals surface area contributed by atoms with Gasteiger partial charge < -0.3 is 4.74 Å². The van der Waals surface area contributed by atoms with Crippen LogP contribution in [0.3, 0.4) is 0 Å². The molecule has 0 radical (unpaired) electrons. The van der Waals surface area contributed by atoms with Crippen LogP contribution in [0.2, 0.25) is 0 Å². The lowest BCUT2D eigenvalue weighted by molar-refractivity contribution is -0.199. The molecule has 1 aliphatic rings. The molecule has 0 N–H and O–H groups in total. The number of hydrogen-bond donors (Lipinski definition) is 0. The second-order valence-corrected chi connectivity index (χ2v) is 4.97. The molecule has 0 amide bonds. The predicted octanol–water partition coefficient (Wildman–Crippen LogP) is 2.76. The summed E-state index contributed by atoms with van der Waals surface area (Å²) in [4.78, 5) is 11.2. The smallest absolute Gasteiger partial charge is 0.313 e. The number of ether oxygens (including phenoxy) is 1. The van der Waals surface area contributed by atoms with Gasteiger partial charge in [-0.25, -0.2) is 0 Å². The second kappa shape index (κ2) is 3.69. The molecule has 0 aromatic heterocycles. The highest BCUT2D eigenvalue weighted by atomic mass is 16.6. The van der Waals surface area contributed by atoms with Gasteiger partial charge in [-0.2, -0.15) is 0 Å². The summed E-state index contributed by atoms with van der Waals surface area (Å²) in [6, 6.07) is 0. The number of carbonyl (C=O) groups is 1. The third-order valence-electron chi connectivity index (χ3n) is 2.63. The quantitative estimate of drug-likeness (QED) is 0.630. The van der Waals surface area contributed by atoms with Crippen LogP contribution in [0.4, 0.5) is 0 Å². The van der Waals surface area contributed by atoms with Crippen molar-refractivity contribution in [1.82, 2.24) is 0 Å². The molecule has 1 rings (SSSR count). The Morgan fingerprint density at radius 2 is 2.00 bits per heavy atom. The fourth-order valence-corrected chi connectivity index (χ4v) is 1.82. The van der Waals surface area contributed by atoms with Crippen molar-refractivity contribution in [1.29, 1.82) is 0 Å². The predicted molar refractivity (Wildman–Crippen MR) is 52.4 cm³/mol. The lowest BCUT2D eigenvalue weighted by Gasteiger charge is -2.43. The Morgan fingerprint density at radius 1 is 1.38 bits per heavy atom. The molecule has 13 heavy (non-hydrogen) atoms. The summed E-state index contributed by atoms with van der Waals surface area (Å²) in [5.41, 5.74) is 0.103. The van der Waals surface area contributed by atoms with Gasteiger partial charge in [-0.05, 0) is 11.8 Å². The van der Waals surface area contributed by atoms with Crippen molar-refractivity contribution in [2.24, 2.45) is 11.3 Å². The Labute approximate surface area is 80.7 Å². The van der Waals surface area contributed by atoms with Gasteiger partial charge in [-0.1, -0.05) is 40.5 Å². The molecule has 1 aliphatic heterocycles. The standard InChI is InChI=1S/C11H20O2/c1-5-6-7-8-9(11(2,3)4)13-10(8)12/h8-9H,5-7H2,1-4H3/t8-,9+/m1/s1.